The number of nitrogens with one attached hydrogen (secondary N) is 1. The highest BCUT2D eigenvalue weighted by Crippen LogP contribution is 2.32. The van der Waals surface area contributed by atoms with Crippen molar-refractivity contribution in [2.45, 2.75) is 25.2 Å². The molecular formula is C12H15F2NO. The zero-order valence-corrected chi connectivity index (χ0v) is 8.92. The van der Waals surface area contributed by atoms with Gasteiger partial charge in [-0.15, -0.1) is 0 Å². The standard InChI is InChI=1S/C12H15F2NO/c13-12(14)10-6-8(3-4-11(10)16)9-2-1-5-15-7-9/h3-4,6,9,12,15-16H,1-2,5,7H2. The summed E-state index contributed by atoms with van der Waals surface area (Å²) >= 11 is 0. The summed E-state index contributed by atoms with van der Waals surface area (Å²) in [6.45, 7) is 1.82. The molecule has 0 saturated carbocycles. The number of halogens is 2. The number of rotatable bonds is 2. The lowest BCUT2D eigenvalue weighted by Crippen LogP contribution is -2.28. The second-order valence-electron chi connectivity index (χ2n) is 4.16. The summed E-state index contributed by atoms with van der Waals surface area (Å²) < 4.78 is 25.2. The number of piperidine rings is 1. The topological polar surface area (TPSA) is 32.3 Å². The van der Waals surface area contributed by atoms with E-state index in [9.17, 15) is 13.9 Å². The number of aromatic hydroxyl groups is 1. The van der Waals surface area contributed by atoms with Gasteiger partial charge in [-0.1, -0.05) is 6.07 Å². The van der Waals surface area contributed by atoms with Gasteiger partial charge < -0.3 is 10.4 Å². The number of phenols is 1. The van der Waals surface area contributed by atoms with Crippen LogP contribution < -0.4 is 5.32 Å². The van der Waals surface area contributed by atoms with Crippen molar-refractivity contribution in [3.63, 3.8) is 0 Å². The predicted molar refractivity (Wildman–Crippen MR) is 57.9 cm³/mol. The van der Waals surface area contributed by atoms with Gasteiger partial charge in [0.2, 0.25) is 0 Å². The monoisotopic (exact) mass is 227 g/mol. The quantitative estimate of drug-likeness (QED) is 0.814. The first-order valence-electron chi connectivity index (χ1n) is 5.50. The molecular weight excluding hydrogens is 212 g/mol. The molecule has 0 spiro atoms. The van der Waals surface area contributed by atoms with Crippen molar-refractivity contribution in [3.05, 3.63) is 29.3 Å². The van der Waals surface area contributed by atoms with Gasteiger partial charge in [0.15, 0.2) is 0 Å². The first-order valence-corrected chi connectivity index (χ1v) is 5.50. The van der Waals surface area contributed by atoms with Crippen molar-refractivity contribution in [2.24, 2.45) is 0 Å². The summed E-state index contributed by atoms with van der Waals surface area (Å²) in [7, 11) is 0. The Kier molecular flexibility index (Phi) is 3.39. The van der Waals surface area contributed by atoms with Gasteiger partial charge in [0.25, 0.3) is 6.43 Å². The number of phenolic OH excluding ortho intramolecular Hbond substituents is 1. The largest absolute Gasteiger partial charge is 0.507 e. The van der Waals surface area contributed by atoms with E-state index in [1.54, 1.807) is 6.07 Å². The lowest BCUT2D eigenvalue weighted by Gasteiger charge is -2.23. The summed E-state index contributed by atoms with van der Waals surface area (Å²) in [5.74, 6) is -0.0330. The summed E-state index contributed by atoms with van der Waals surface area (Å²) in [5, 5.41) is 12.6. The normalized spacial score (nSPS) is 21.3. The van der Waals surface area contributed by atoms with E-state index >= 15 is 0 Å². The van der Waals surface area contributed by atoms with E-state index in [2.05, 4.69) is 5.32 Å². The molecule has 1 aliphatic heterocycles. The van der Waals surface area contributed by atoms with Gasteiger partial charge in [-0.2, -0.15) is 0 Å². The lowest BCUT2D eigenvalue weighted by atomic mass is 9.90. The molecule has 2 N–H and O–H groups in total. The maximum atomic E-state index is 12.6. The van der Waals surface area contributed by atoms with Crippen LogP contribution in [-0.2, 0) is 0 Å². The van der Waals surface area contributed by atoms with Crippen LogP contribution in [0.3, 0.4) is 0 Å². The Hall–Kier alpha value is -1.16. The molecule has 2 rings (SSSR count). The maximum Gasteiger partial charge on any atom is 0.267 e. The second-order valence-corrected chi connectivity index (χ2v) is 4.16. The average Bonchev–Trinajstić information content (AvgIpc) is 2.30. The van der Waals surface area contributed by atoms with Crippen LogP contribution in [0.15, 0.2) is 18.2 Å². The Labute approximate surface area is 93.3 Å². The molecule has 0 amide bonds. The van der Waals surface area contributed by atoms with Crippen molar-refractivity contribution in [2.75, 3.05) is 13.1 Å². The Balaban J connectivity index is 2.24. The highest BCUT2D eigenvalue weighted by molar-refractivity contribution is 5.38. The molecule has 1 aliphatic rings. The molecule has 1 heterocycles. The summed E-state index contributed by atoms with van der Waals surface area (Å²) in [5.41, 5.74) is 0.628. The van der Waals surface area contributed by atoms with Crippen molar-refractivity contribution >= 4 is 0 Å². The van der Waals surface area contributed by atoms with E-state index in [4.69, 9.17) is 0 Å². The first kappa shape index (κ1) is 11.3. The molecule has 1 aromatic carbocycles. The van der Waals surface area contributed by atoms with Crippen molar-refractivity contribution in [3.8, 4) is 5.75 Å². The molecule has 16 heavy (non-hydrogen) atoms. The molecule has 1 aromatic rings. The maximum absolute atomic E-state index is 12.6. The third-order valence-electron chi connectivity index (χ3n) is 3.05. The van der Waals surface area contributed by atoms with Crippen LogP contribution in [-0.4, -0.2) is 18.2 Å². The van der Waals surface area contributed by atoms with E-state index in [0.29, 0.717) is 0 Å². The minimum absolute atomic E-state index is 0.261. The van der Waals surface area contributed by atoms with E-state index in [-0.39, 0.29) is 17.2 Å². The minimum atomic E-state index is -2.61. The smallest absolute Gasteiger partial charge is 0.267 e. The molecule has 0 bridgehead atoms. The SMILES string of the molecule is Oc1ccc(C2CCCNC2)cc1C(F)F. The number of hydrogen-bond donors (Lipinski definition) is 2. The second kappa shape index (κ2) is 4.78. The Morgan fingerprint density at radius 3 is 2.81 bits per heavy atom. The number of benzene rings is 1. The van der Waals surface area contributed by atoms with E-state index in [1.807, 2.05) is 0 Å². The molecule has 2 nitrogen and oxygen atoms in total. The van der Waals surface area contributed by atoms with Gasteiger partial charge in [-0.05, 0) is 43.0 Å². The third-order valence-corrected chi connectivity index (χ3v) is 3.05. The zero-order chi connectivity index (χ0) is 11.5. The van der Waals surface area contributed by atoms with E-state index < -0.39 is 6.43 Å². The fourth-order valence-electron chi connectivity index (χ4n) is 2.14. The van der Waals surface area contributed by atoms with E-state index in [0.717, 1.165) is 31.5 Å². The molecule has 1 saturated heterocycles. The molecule has 1 fully saturated rings. The molecule has 0 aromatic heterocycles. The van der Waals surface area contributed by atoms with Crippen LogP contribution in [0.1, 0.15) is 36.3 Å². The number of alkyl halides is 2. The fraction of sp³-hybridized carbons (Fsp3) is 0.500. The molecule has 0 radical (unpaired) electrons. The predicted octanol–water partition coefficient (Wildman–Crippen LogP) is 2.80. The van der Waals surface area contributed by atoms with Gasteiger partial charge in [0.1, 0.15) is 5.75 Å². The van der Waals surface area contributed by atoms with Gasteiger partial charge in [-0.25, -0.2) is 8.78 Å². The first-order chi connectivity index (χ1) is 7.68. The number of hydrogen-bond acceptors (Lipinski definition) is 2. The Morgan fingerprint density at radius 1 is 1.38 bits per heavy atom. The highest BCUT2D eigenvalue weighted by atomic mass is 19.3. The van der Waals surface area contributed by atoms with Gasteiger partial charge in [0, 0.05) is 6.54 Å². The van der Waals surface area contributed by atoms with Gasteiger partial charge >= 0.3 is 0 Å². The summed E-state index contributed by atoms with van der Waals surface area (Å²) in [6, 6.07) is 4.53. The molecule has 1 unspecified atom stereocenters. The average molecular weight is 227 g/mol. The zero-order valence-electron chi connectivity index (χ0n) is 8.92. The molecule has 4 heteroatoms. The van der Waals surface area contributed by atoms with Crippen LogP contribution in [0.4, 0.5) is 8.78 Å². The summed E-state index contributed by atoms with van der Waals surface area (Å²) in [6.07, 6.45) is -0.535. The third kappa shape index (κ3) is 2.32. The van der Waals surface area contributed by atoms with Crippen LogP contribution in [0, 0.1) is 0 Å². The highest BCUT2D eigenvalue weighted by Gasteiger charge is 2.19. The van der Waals surface area contributed by atoms with Gasteiger partial charge in [0.05, 0.1) is 5.56 Å². The summed E-state index contributed by atoms with van der Waals surface area (Å²) in [4.78, 5) is 0. The van der Waals surface area contributed by atoms with Gasteiger partial charge in [-0.3, -0.25) is 0 Å². The minimum Gasteiger partial charge on any atom is -0.507 e. The fourth-order valence-corrected chi connectivity index (χ4v) is 2.14. The van der Waals surface area contributed by atoms with Crippen molar-refractivity contribution < 1.29 is 13.9 Å². The van der Waals surface area contributed by atoms with Crippen LogP contribution in [0.5, 0.6) is 5.75 Å². The Bertz CT molecular complexity index is 362. The molecule has 88 valence electrons. The van der Waals surface area contributed by atoms with Crippen LogP contribution in [0.2, 0.25) is 0 Å². The van der Waals surface area contributed by atoms with Crippen molar-refractivity contribution in [1.82, 2.24) is 5.32 Å². The van der Waals surface area contributed by atoms with Crippen LogP contribution in [0.25, 0.3) is 0 Å². The van der Waals surface area contributed by atoms with Crippen molar-refractivity contribution in [1.29, 1.82) is 0 Å². The van der Waals surface area contributed by atoms with E-state index in [1.165, 1.54) is 12.1 Å². The Morgan fingerprint density at radius 2 is 2.19 bits per heavy atom. The molecule has 1 atom stereocenters. The van der Waals surface area contributed by atoms with Crippen LogP contribution >= 0.6 is 0 Å². The lowest BCUT2D eigenvalue weighted by molar-refractivity contribution is 0.147. The molecule has 0 aliphatic carbocycles.